The van der Waals surface area contributed by atoms with Crippen LogP contribution in [0, 0.1) is 13.1 Å². The maximum absolute atomic E-state index is 4.06. The van der Waals surface area contributed by atoms with Gasteiger partial charge in [-0.2, -0.15) is 15.0 Å². The monoisotopic (exact) mass is 124 g/mol. The van der Waals surface area contributed by atoms with Gasteiger partial charge in [0.2, 0.25) is 0 Å². The third-order valence-electron chi connectivity index (χ3n) is 1.03. The molecule has 3 heteroatoms. The minimum atomic E-state index is 0.343. The summed E-state index contributed by atoms with van der Waals surface area (Å²) in [4.78, 5) is 1.65. The lowest BCUT2D eigenvalue weighted by Gasteiger charge is -1.99. The fraction of sp³-hybridized carbons (Fsp3) is 0.667. The van der Waals surface area contributed by atoms with Gasteiger partial charge in [0.15, 0.2) is 0 Å². The van der Waals surface area contributed by atoms with Gasteiger partial charge in [-0.3, -0.25) is 0 Å². The maximum atomic E-state index is 4.06. The molecule has 3 nitrogen and oxygen atoms in total. The number of rotatable bonds is 1. The maximum Gasteiger partial charge on any atom is 0.138 e. The van der Waals surface area contributed by atoms with Gasteiger partial charge in [-0.05, 0) is 20.8 Å². The molecule has 0 aromatic carbocycles. The number of hydrogen-bond acceptors (Lipinski definition) is 2. The SMILES string of the molecule is Cc1[c]nn(C(C)C)n1. The van der Waals surface area contributed by atoms with Gasteiger partial charge >= 0.3 is 0 Å². The van der Waals surface area contributed by atoms with Crippen LogP contribution in [0.5, 0.6) is 0 Å². The standard InChI is InChI=1S/C6H10N3/c1-5(2)9-7-4-6(3)8-9/h5H,1-3H3. The van der Waals surface area contributed by atoms with Crippen LogP contribution in [-0.4, -0.2) is 15.0 Å². The summed E-state index contributed by atoms with van der Waals surface area (Å²) in [5.41, 5.74) is 0.851. The van der Waals surface area contributed by atoms with E-state index in [2.05, 4.69) is 16.4 Å². The van der Waals surface area contributed by atoms with Gasteiger partial charge in [0.1, 0.15) is 6.20 Å². The number of hydrogen-bond donors (Lipinski definition) is 0. The second kappa shape index (κ2) is 2.17. The van der Waals surface area contributed by atoms with Crippen molar-refractivity contribution in [1.29, 1.82) is 0 Å². The predicted molar refractivity (Wildman–Crippen MR) is 34.0 cm³/mol. The van der Waals surface area contributed by atoms with Crippen LogP contribution in [-0.2, 0) is 0 Å². The summed E-state index contributed by atoms with van der Waals surface area (Å²) in [6.45, 7) is 5.95. The second-order valence-corrected chi connectivity index (χ2v) is 2.31. The molecular weight excluding hydrogens is 114 g/mol. The Morgan fingerprint density at radius 1 is 1.56 bits per heavy atom. The number of aryl methyl sites for hydroxylation is 1. The highest BCUT2D eigenvalue weighted by molar-refractivity contribution is 4.82. The highest BCUT2D eigenvalue weighted by atomic mass is 15.5. The van der Waals surface area contributed by atoms with Crippen molar-refractivity contribution in [2.45, 2.75) is 26.8 Å². The second-order valence-electron chi connectivity index (χ2n) is 2.31. The van der Waals surface area contributed by atoms with Crippen molar-refractivity contribution in [3.8, 4) is 0 Å². The molecule has 0 bridgehead atoms. The Bertz CT molecular complexity index is 190. The summed E-state index contributed by atoms with van der Waals surface area (Å²) in [7, 11) is 0. The summed E-state index contributed by atoms with van der Waals surface area (Å²) in [5.74, 6) is 0. The molecular formula is C6H10N3. The van der Waals surface area contributed by atoms with Crippen molar-refractivity contribution in [3.63, 3.8) is 0 Å². The van der Waals surface area contributed by atoms with Gasteiger partial charge in [0, 0.05) is 0 Å². The third-order valence-corrected chi connectivity index (χ3v) is 1.03. The molecule has 0 aliphatic heterocycles. The molecule has 1 rings (SSSR count). The smallest absolute Gasteiger partial charge is 0.138 e. The Kier molecular flexibility index (Phi) is 1.51. The zero-order valence-electron chi connectivity index (χ0n) is 5.92. The molecule has 0 amide bonds. The van der Waals surface area contributed by atoms with Crippen molar-refractivity contribution >= 4 is 0 Å². The molecule has 0 fully saturated rings. The first-order chi connectivity index (χ1) is 4.20. The zero-order valence-corrected chi connectivity index (χ0v) is 5.92. The van der Waals surface area contributed by atoms with E-state index >= 15 is 0 Å². The molecule has 0 unspecified atom stereocenters. The first kappa shape index (κ1) is 6.26. The Hall–Kier alpha value is -0.860. The van der Waals surface area contributed by atoms with E-state index in [0.29, 0.717) is 6.04 Å². The fourth-order valence-electron chi connectivity index (χ4n) is 0.553. The quantitative estimate of drug-likeness (QED) is 0.558. The Morgan fingerprint density at radius 2 is 2.22 bits per heavy atom. The lowest BCUT2D eigenvalue weighted by atomic mass is 10.4. The molecule has 49 valence electrons. The molecule has 0 aliphatic carbocycles. The first-order valence-corrected chi connectivity index (χ1v) is 3.01. The minimum Gasteiger partial charge on any atom is -0.181 e. The minimum absolute atomic E-state index is 0.343. The fourth-order valence-corrected chi connectivity index (χ4v) is 0.553. The Labute approximate surface area is 54.7 Å². The molecule has 0 atom stereocenters. The summed E-state index contributed by atoms with van der Waals surface area (Å²) in [6, 6.07) is 0.343. The summed E-state index contributed by atoms with van der Waals surface area (Å²) < 4.78 is 0. The van der Waals surface area contributed by atoms with Crippen LogP contribution in [0.1, 0.15) is 25.6 Å². The van der Waals surface area contributed by atoms with E-state index in [9.17, 15) is 0 Å². The lowest BCUT2D eigenvalue weighted by molar-refractivity contribution is 0.464. The van der Waals surface area contributed by atoms with Gasteiger partial charge in [-0.1, -0.05) is 0 Å². The molecule has 1 radical (unpaired) electrons. The molecule has 1 aromatic rings. The topological polar surface area (TPSA) is 30.7 Å². The van der Waals surface area contributed by atoms with E-state index in [-0.39, 0.29) is 0 Å². The average Bonchev–Trinajstić information content (AvgIpc) is 2.14. The molecule has 0 spiro atoms. The van der Waals surface area contributed by atoms with Crippen LogP contribution >= 0.6 is 0 Å². The van der Waals surface area contributed by atoms with E-state index in [0.717, 1.165) is 5.69 Å². The molecule has 0 aliphatic rings. The van der Waals surface area contributed by atoms with E-state index in [1.54, 1.807) is 4.80 Å². The number of aromatic nitrogens is 3. The summed E-state index contributed by atoms with van der Waals surface area (Å²) >= 11 is 0. The van der Waals surface area contributed by atoms with Gasteiger partial charge in [-0.25, -0.2) is 0 Å². The first-order valence-electron chi connectivity index (χ1n) is 3.01. The summed E-state index contributed by atoms with van der Waals surface area (Å²) in [6.07, 6.45) is 2.75. The Balaban J connectivity index is 2.85. The van der Waals surface area contributed by atoms with E-state index in [1.165, 1.54) is 0 Å². The largest absolute Gasteiger partial charge is 0.181 e. The molecule has 1 heterocycles. The van der Waals surface area contributed by atoms with Crippen LogP contribution in [0.15, 0.2) is 0 Å². The predicted octanol–water partition coefficient (Wildman–Crippen LogP) is 0.968. The van der Waals surface area contributed by atoms with E-state index in [4.69, 9.17) is 0 Å². The van der Waals surface area contributed by atoms with Crippen LogP contribution < -0.4 is 0 Å². The third kappa shape index (κ3) is 1.28. The Morgan fingerprint density at radius 3 is 2.44 bits per heavy atom. The number of nitrogens with zero attached hydrogens (tertiary/aromatic N) is 3. The van der Waals surface area contributed by atoms with Crippen molar-refractivity contribution in [3.05, 3.63) is 11.9 Å². The van der Waals surface area contributed by atoms with Crippen molar-refractivity contribution < 1.29 is 0 Å². The van der Waals surface area contributed by atoms with Crippen molar-refractivity contribution in [2.24, 2.45) is 0 Å². The van der Waals surface area contributed by atoms with Crippen LogP contribution in [0.3, 0.4) is 0 Å². The molecule has 1 aromatic heterocycles. The van der Waals surface area contributed by atoms with Crippen LogP contribution in [0.2, 0.25) is 0 Å². The molecule has 0 saturated heterocycles. The van der Waals surface area contributed by atoms with E-state index < -0.39 is 0 Å². The van der Waals surface area contributed by atoms with Gasteiger partial charge in [0.05, 0.1) is 11.7 Å². The molecule has 9 heavy (non-hydrogen) atoms. The van der Waals surface area contributed by atoms with Crippen molar-refractivity contribution in [2.75, 3.05) is 0 Å². The highest BCUT2D eigenvalue weighted by Crippen LogP contribution is 1.97. The van der Waals surface area contributed by atoms with E-state index in [1.807, 2.05) is 20.8 Å². The molecule has 0 N–H and O–H groups in total. The van der Waals surface area contributed by atoms with Crippen LogP contribution in [0.25, 0.3) is 0 Å². The van der Waals surface area contributed by atoms with Gasteiger partial charge in [0.25, 0.3) is 0 Å². The highest BCUT2D eigenvalue weighted by Gasteiger charge is 1.98. The zero-order chi connectivity index (χ0) is 6.85. The lowest BCUT2D eigenvalue weighted by Crippen LogP contribution is -2.04. The van der Waals surface area contributed by atoms with Crippen LogP contribution in [0.4, 0.5) is 0 Å². The average molecular weight is 124 g/mol. The van der Waals surface area contributed by atoms with Gasteiger partial charge in [-0.15, -0.1) is 0 Å². The summed E-state index contributed by atoms with van der Waals surface area (Å²) in [5, 5.41) is 7.96. The van der Waals surface area contributed by atoms with Crippen molar-refractivity contribution in [1.82, 2.24) is 15.0 Å². The molecule has 0 saturated carbocycles. The normalized spacial score (nSPS) is 10.7. The van der Waals surface area contributed by atoms with Gasteiger partial charge < -0.3 is 0 Å².